The molecule has 5 rings (SSSR count). The molecular formula is C32H30BClF2N6O11. The molecule has 7 N–H and O–H groups in total. The molecule has 3 aromatic rings. The number of aromatic hydroxyl groups is 2. The zero-order chi connectivity index (χ0) is 38.7. The van der Waals surface area contributed by atoms with Crippen LogP contribution in [0.3, 0.4) is 0 Å². The van der Waals surface area contributed by atoms with E-state index in [1.54, 1.807) is 13.0 Å². The van der Waals surface area contributed by atoms with Gasteiger partial charge in [-0.2, -0.15) is 0 Å². The van der Waals surface area contributed by atoms with Gasteiger partial charge in [-0.25, -0.2) is 18.4 Å². The third-order valence-corrected chi connectivity index (χ3v) is 8.79. The number of halogens is 3. The summed E-state index contributed by atoms with van der Waals surface area (Å²) in [6, 6.07) is 2.28. The lowest BCUT2D eigenvalue weighted by molar-refractivity contribution is -0.153. The fourth-order valence-corrected chi connectivity index (χ4v) is 5.94. The molecule has 2 atom stereocenters. The van der Waals surface area contributed by atoms with Crippen molar-refractivity contribution in [1.29, 1.82) is 0 Å². The summed E-state index contributed by atoms with van der Waals surface area (Å²) in [7, 11) is -1.97. The number of piperazine rings is 1. The molecule has 2 aromatic carbocycles. The maximum atomic E-state index is 14.6. The Morgan fingerprint density at radius 2 is 1.81 bits per heavy atom. The number of pyridine rings is 1. The van der Waals surface area contributed by atoms with Gasteiger partial charge in [0, 0.05) is 49.2 Å². The number of imide groups is 1. The van der Waals surface area contributed by atoms with Gasteiger partial charge in [-0.15, -0.1) is 0 Å². The van der Waals surface area contributed by atoms with Crippen LogP contribution in [0, 0.1) is 18.6 Å². The number of hydrogen-bond acceptors (Lipinski definition) is 11. The van der Waals surface area contributed by atoms with E-state index < -0.39 is 93.9 Å². The Labute approximate surface area is 303 Å². The number of carboxylic acid groups (broad SMARTS) is 1. The molecule has 0 aliphatic carbocycles. The number of aromatic nitrogens is 1. The monoisotopic (exact) mass is 758 g/mol. The van der Waals surface area contributed by atoms with Crippen LogP contribution in [-0.2, 0) is 20.8 Å². The van der Waals surface area contributed by atoms with Crippen LogP contribution < -0.4 is 20.6 Å². The Balaban J connectivity index is 1.28. The molecule has 6 amide bonds. The molecule has 1 saturated heterocycles. The molecule has 1 fully saturated rings. The zero-order valence-electron chi connectivity index (χ0n) is 27.6. The normalized spacial score (nSPS) is 16.0. The van der Waals surface area contributed by atoms with Crippen LogP contribution >= 0.6 is 11.6 Å². The van der Waals surface area contributed by atoms with Gasteiger partial charge in [0.25, 0.3) is 5.91 Å². The first kappa shape index (κ1) is 38.2. The van der Waals surface area contributed by atoms with E-state index in [2.05, 4.69) is 20.9 Å². The summed E-state index contributed by atoms with van der Waals surface area (Å²) in [5.74, 6) is -12.6. The maximum Gasteiger partial charge on any atom is 0.547 e. The van der Waals surface area contributed by atoms with E-state index >= 15 is 0 Å². The molecule has 0 bridgehead atoms. The lowest BCUT2D eigenvalue weighted by atomic mass is 9.72. The van der Waals surface area contributed by atoms with Gasteiger partial charge < -0.3 is 45.8 Å². The number of phenolic OH excluding ortho intramolecular Hbond substituents is 2. The molecule has 0 spiro atoms. The van der Waals surface area contributed by atoms with Crippen molar-refractivity contribution in [3.05, 3.63) is 81.1 Å². The van der Waals surface area contributed by atoms with Crippen LogP contribution in [0.15, 0.2) is 36.5 Å². The number of carbonyl (C=O) groups excluding carboxylic acids is 5. The number of urea groups is 1. The molecule has 0 saturated carbocycles. The van der Waals surface area contributed by atoms with Crippen molar-refractivity contribution < 1.29 is 62.5 Å². The van der Waals surface area contributed by atoms with E-state index in [9.17, 15) is 57.9 Å². The summed E-state index contributed by atoms with van der Waals surface area (Å²) in [5, 5.41) is 46.4. The topological polar surface area (TPSA) is 248 Å². The van der Waals surface area contributed by atoms with Gasteiger partial charge in [0.1, 0.15) is 23.2 Å². The Kier molecular flexibility index (Phi) is 11.3. The lowest BCUT2D eigenvalue weighted by Crippen LogP contribution is -2.60. The molecule has 21 heteroatoms. The number of rotatable bonds is 10. The predicted octanol–water partition coefficient (Wildman–Crippen LogP) is 0.812. The van der Waals surface area contributed by atoms with Crippen LogP contribution in [0.2, 0.25) is 5.02 Å². The van der Waals surface area contributed by atoms with Crippen molar-refractivity contribution in [3.63, 3.8) is 0 Å². The largest absolute Gasteiger partial charge is 0.547 e. The Morgan fingerprint density at radius 1 is 1.08 bits per heavy atom. The van der Waals surface area contributed by atoms with Gasteiger partial charge in [-0.3, -0.25) is 29.1 Å². The molecule has 1 aromatic heterocycles. The molecule has 2 aliphatic heterocycles. The van der Waals surface area contributed by atoms with E-state index in [4.69, 9.17) is 16.3 Å². The molecule has 53 heavy (non-hydrogen) atoms. The number of fused-ring (bicyclic) bond motifs is 1. The average molecular weight is 759 g/mol. The molecule has 3 heterocycles. The molecular weight excluding hydrogens is 729 g/mol. The first-order valence-electron chi connectivity index (χ1n) is 15.8. The first-order valence-corrected chi connectivity index (χ1v) is 16.2. The van der Waals surface area contributed by atoms with Crippen LogP contribution in [0.5, 0.6) is 17.2 Å². The molecule has 17 nitrogen and oxygen atoms in total. The van der Waals surface area contributed by atoms with E-state index in [1.807, 2.05) is 0 Å². The molecule has 0 unspecified atom stereocenters. The van der Waals surface area contributed by atoms with Gasteiger partial charge >= 0.3 is 30.9 Å². The summed E-state index contributed by atoms with van der Waals surface area (Å²) in [6.07, 6.45) is 1.42. The Hall–Kier alpha value is -6.02. The standard InChI is InChI=1S/C32H30BClF2N6O11/c1-14-11-16(5-7-37-14)27(45)38-6-2-8-41-9-10-42(30(48)29(41)47)32(51)40-23(17-13-19(36)24(43)25(44)22(17)34)28(46)39-20-12-15-3-4-18(35)21(31(49)50)26(15)53-33(20)52/h3-5,7,11,13,20,23,43-44,52H,2,6,8-10,12H2,1H3,(H,38,45)(H,39,46)(H,40,51)(H,49,50)/t20-,23+/m0/s1. The average Bonchev–Trinajstić information content (AvgIpc) is 3.11. The summed E-state index contributed by atoms with van der Waals surface area (Å²) >= 11 is 6.13. The number of hydrogen-bond donors (Lipinski definition) is 7. The Morgan fingerprint density at radius 3 is 2.51 bits per heavy atom. The van der Waals surface area contributed by atoms with Crippen LogP contribution in [0.1, 0.15) is 50.0 Å². The van der Waals surface area contributed by atoms with Gasteiger partial charge in [0.2, 0.25) is 5.91 Å². The number of phenols is 2. The summed E-state index contributed by atoms with van der Waals surface area (Å²) in [5.41, 5.74) is -0.373. The number of aryl methyl sites for hydroxylation is 1. The van der Waals surface area contributed by atoms with Crippen molar-refractivity contribution in [2.45, 2.75) is 31.7 Å². The molecule has 0 radical (unpaired) electrons. The second kappa shape index (κ2) is 15.7. The van der Waals surface area contributed by atoms with Crippen molar-refractivity contribution in [2.24, 2.45) is 0 Å². The van der Waals surface area contributed by atoms with E-state index in [-0.39, 0.29) is 50.5 Å². The van der Waals surface area contributed by atoms with Gasteiger partial charge in [0.05, 0.1) is 11.0 Å². The van der Waals surface area contributed by atoms with Crippen LogP contribution in [0.25, 0.3) is 0 Å². The highest BCUT2D eigenvalue weighted by Crippen LogP contribution is 2.40. The number of nitrogens with one attached hydrogen (secondary N) is 3. The highest BCUT2D eigenvalue weighted by atomic mass is 35.5. The number of amides is 6. The maximum absolute atomic E-state index is 14.6. The fraction of sp³-hybridized carbons (Fsp3) is 0.281. The number of nitrogens with zero attached hydrogens (tertiary/aromatic N) is 3. The second-order valence-corrected chi connectivity index (χ2v) is 12.3. The minimum absolute atomic E-state index is 0.0396. The number of aromatic carboxylic acids is 1. The third-order valence-electron chi connectivity index (χ3n) is 8.39. The minimum Gasteiger partial charge on any atom is -0.534 e. The number of carboxylic acids is 1. The van der Waals surface area contributed by atoms with Crippen molar-refractivity contribution in [3.8, 4) is 17.2 Å². The van der Waals surface area contributed by atoms with Crippen molar-refractivity contribution >= 4 is 54.3 Å². The van der Waals surface area contributed by atoms with Gasteiger partial charge in [0.15, 0.2) is 17.3 Å². The lowest BCUT2D eigenvalue weighted by Gasteiger charge is -2.34. The fourth-order valence-electron chi connectivity index (χ4n) is 5.69. The second-order valence-electron chi connectivity index (χ2n) is 11.9. The summed E-state index contributed by atoms with van der Waals surface area (Å²) < 4.78 is 34.0. The van der Waals surface area contributed by atoms with Crippen molar-refractivity contribution in [1.82, 2.24) is 30.7 Å². The molecule has 278 valence electrons. The predicted molar refractivity (Wildman–Crippen MR) is 178 cm³/mol. The minimum atomic E-state index is -2.05. The Bertz CT molecular complexity index is 2020. The summed E-state index contributed by atoms with van der Waals surface area (Å²) in [4.78, 5) is 82.7. The number of benzene rings is 2. The highest BCUT2D eigenvalue weighted by Gasteiger charge is 2.42. The smallest absolute Gasteiger partial charge is 0.534 e. The first-order chi connectivity index (χ1) is 25.1. The van der Waals surface area contributed by atoms with Crippen molar-refractivity contribution in [2.75, 3.05) is 26.2 Å². The van der Waals surface area contributed by atoms with Gasteiger partial charge in [-0.1, -0.05) is 17.7 Å². The van der Waals surface area contributed by atoms with E-state index in [0.717, 1.165) is 17.0 Å². The third kappa shape index (κ3) is 8.07. The molecule has 2 aliphatic rings. The van der Waals surface area contributed by atoms with Crippen LogP contribution in [0.4, 0.5) is 13.6 Å². The zero-order valence-corrected chi connectivity index (χ0v) is 28.3. The summed E-state index contributed by atoms with van der Waals surface area (Å²) in [6.45, 7) is 1.43. The van der Waals surface area contributed by atoms with Gasteiger partial charge in [-0.05, 0) is 49.6 Å². The highest BCUT2D eigenvalue weighted by molar-refractivity contribution is 6.47. The quantitative estimate of drug-likeness (QED) is 0.0657. The van der Waals surface area contributed by atoms with Crippen LogP contribution in [-0.4, -0.2) is 110 Å². The SMILES string of the molecule is Cc1cc(C(=O)NCCCN2CCN(C(=O)N[C@@H](C(=O)N[C@H]3Cc4ccc(F)c(C(=O)O)c4OB3O)c3cc(F)c(O)c(O)c3Cl)C(=O)C2=O)ccn1. The van der Waals surface area contributed by atoms with E-state index in [1.165, 1.54) is 12.3 Å². The number of carbonyl (C=O) groups is 6. The van der Waals surface area contributed by atoms with E-state index in [0.29, 0.717) is 22.2 Å².